The van der Waals surface area contributed by atoms with Gasteiger partial charge in [0.2, 0.25) is 11.9 Å². The lowest BCUT2D eigenvalue weighted by Crippen LogP contribution is -2.27. The average Bonchev–Trinajstić information content (AvgIpc) is 2.96. The van der Waals surface area contributed by atoms with E-state index >= 15 is 0 Å². The molecule has 0 aliphatic heterocycles. The van der Waals surface area contributed by atoms with E-state index in [1.54, 1.807) is 4.52 Å². The molecule has 0 fully saturated rings. The van der Waals surface area contributed by atoms with Gasteiger partial charge in [-0.25, -0.2) is 4.98 Å². The van der Waals surface area contributed by atoms with Gasteiger partial charge in [-0.05, 0) is 38.3 Å². The number of aryl methyl sites for hydroxylation is 2. The number of nitrogen functional groups attached to an aromatic ring is 1. The van der Waals surface area contributed by atoms with Crippen LogP contribution in [0, 0.1) is 13.8 Å². The van der Waals surface area contributed by atoms with Gasteiger partial charge in [-0.3, -0.25) is 4.79 Å². The van der Waals surface area contributed by atoms with E-state index in [4.69, 9.17) is 5.73 Å². The lowest BCUT2D eigenvalue weighted by molar-refractivity contribution is -0.121. The number of nitrogens with two attached hydrogens (primary N) is 1. The summed E-state index contributed by atoms with van der Waals surface area (Å²) in [4.78, 5) is 20.8. The van der Waals surface area contributed by atoms with E-state index in [1.165, 1.54) is 0 Å². The average molecular weight is 338 g/mol. The van der Waals surface area contributed by atoms with Crippen molar-refractivity contribution in [2.75, 3.05) is 5.73 Å². The molecule has 0 radical (unpaired) electrons. The normalized spacial score (nSPS) is 12.3. The van der Waals surface area contributed by atoms with Gasteiger partial charge in [0.25, 0.3) is 5.78 Å². The first-order chi connectivity index (χ1) is 12.0. The zero-order valence-electron chi connectivity index (χ0n) is 14.7. The minimum atomic E-state index is -0.0217. The summed E-state index contributed by atoms with van der Waals surface area (Å²) in [5.74, 6) is 0.688. The number of rotatable bonds is 5. The van der Waals surface area contributed by atoms with Crippen molar-refractivity contribution >= 4 is 17.6 Å². The molecule has 1 atom stereocenters. The Balaban J connectivity index is 1.69. The first-order valence-corrected chi connectivity index (χ1v) is 8.28. The van der Waals surface area contributed by atoms with Gasteiger partial charge in [0, 0.05) is 17.8 Å². The quantitative estimate of drug-likeness (QED) is 0.742. The molecule has 0 bridgehead atoms. The first-order valence-electron chi connectivity index (χ1n) is 8.28. The van der Waals surface area contributed by atoms with Crippen LogP contribution >= 0.6 is 0 Å². The largest absolute Gasteiger partial charge is 0.366 e. The van der Waals surface area contributed by atoms with Crippen LogP contribution < -0.4 is 11.1 Å². The van der Waals surface area contributed by atoms with E-state index in [2.05, 4.69) is 20.4 Å². The molecule has 3 rings (SSSR count). The topological polar surface area (TPSA) is 98.2 Å². The molecule has 25 heavy (non-hydrogen) atoms. The maximum atomic E-state index is 12.3. The summed E-state index contributed by atoms with van der Waals surface area (Å²) >= 11 is 0. The van der Waals surface area contributed by atoms with Gasteiger partial charge in [-0.2, -0.15) is 9.50 Å². The van der Waals surface area contributed by atoms with Gasteiger partial charge >= 0.3 is 0 Å². The van der Waals surface area contributed by atoms with Crippen molar-refractivity contribution in [1.29, 1.82) is 0 Å². The third kappa shape index (κ3) is 3.60. The van der Waals surface area contributed by atoms with Crippen molar-refractivity contribution in [2.45, 2.75) is 39.7 Å². The molecule has 2 heterocycles. The molecule has 0 unspecified atom stereocenters. The van der Waals surface area contributed by atoms with E-state index in [9.17, 15) is 4.79 Å². The Morgan fingerprint density at radius 3 is 2.68 bits per heavy atom. The summed E-state index contributed by atoms with van der Waals surface area (Å²) in [5.41, 5.74) is 9.49. The van der Waals surface area contributed by atoms with Crippen LogP contribution in [0.25, 0.3) is 5.78 Å². The highest BCUT2D eigenvalue weighted by Crippen LogP contribution is 2.17. The fourth-order valence-corrected chi connectivity index (χ4v) is 2.96. The molecule has 0 aliphatic rings. The number of amides is 1. The minimum absolute atomic E-state index is 0.00774. The number of benzene rings is 1. The second-order valence-electron chi connectivity index (χ2n) is 6.14. The Morgan fingerprint density at radius 2 is 1.96 bits per heavy atom. The predicted molar refractivity (Wildman–Crippen MR) is 96.0 cm³/mol. The van der Waals surface area contributed by atoms with Crippen molar-refractivity contribution < 1.29 is 4.79 Å². The molecule has 2 aromatic heterocycles. The number of carbonyl (C=O) groups is 1. The SMILES string of the molecule is Cc1nc2nc(N)nn2c(C)c1CCC(=O)N[C@@H](C)c1ccccc1. The first kappa shape index (κ1) is 16.9. The lowest BCUT2D eigenvalue weighted by Gasteiger charge is -2.15. The molecular weight excluding hydrogens is 316 g/mol. The van der Waals surface area contributed by atoms with E-state index in [0.717, 1.165) is 22.5 Å². The summed E-state index contributed by atoms with van der Waals surface area (Å²) in [6.07, 6.45) is 0.976. The van der Waals surface area contributed by atoms with Crippen molar-refractivity contribution in [3.63, 3.8) is 0 Å². The molecule has 0 saturated heterocycles. The summed E-state index contributed by atoms with van der Waals surface area (Å²) in [7, 11) is 0. The Kier molecular flexibility index (Phi) is 4.65. The fraction of sp³-hybridized carbons (Fsp3) is 0.333. The number of hydrogen-bond acceptors (Lipinski definition) is 5. The third-order valence-corrected chi connectivity index (χ3v) is 4.34. The van der Waals surface area contributed by atoms with Crippen LogP contribution in [0.4, 0.5) is 5.95 Å². The summed E-state index contributed by atoms with van der Waals surface area (Å²) in [6, 6.07) is 9.89. The van der Waals surface area contributed by atoms with Gasteiger partial charge in [0.15, 0.2) is 0 Å². The van der Waals surface area contributed by atoms with Crippen molar-refractivity contribution in [3.8, 4) is 0 Å². The zero-order chi connectivity index (χ0) is 18.0. The Hall–Kier alpha value is -2.96. The van der Waals surface area contributed by atoms with Crippen LogP contribution in [0.2, 0.25) is 0 Å². The van der Waals surface area contributed by atoms with Gasteiger partial charge < -0.3 is 11.1 Å². The standard InChI is InChI=1S/C18H22N6O/c1-11(14-7-5-4-6-8-14)20-16(25)10-9-15-12(2)21-18-22-17(19)23-24(18)13(15)3/h4-8,11H,9-10H2,1-3H3,(H2,19,23)(H,20,25)/t11-/m0/s1. The van der Waals surface area contributed by atoms with Gasteiger partial charge in [0.05, 0.1) is 6.04 Å². The number of anilines is 1. The van der Waals surface area contributed by atoms with Gasteiger partial charge in [0.1, 0.15) is 0 Å². The van der Waals surface area contributed by atoms with Gasteiger partial charge in [-0.15, -0.1) is 5.10 Å². The summed E-state index contributed by atoms with van der Waals surface area (Å²) in [6.45, 7) is 5.84. The zero-order valence-corrected chi connectivity index (χ0v) is 14.7. The Morgan fingerprint density at radius 1 is 1.24 bits per heavy atom. The highest BCUT2D eigenvalue weighted by atomic mass is 16.1. The molecule has 7 nitrogen and oxygen atoms in total. The van der Waals surface area contributed by atoms with Crippen LogP contribution in [0.1, 0.15) is 41.9 Å². The minimum Gasteiger partial charge on any atom is -0.366 e. The number of fused-ring (bicyclic) bond motifs is 1. The predicted octanol–water partition coefficient (Wildman–Crippen LogP) is 2.13. The summed E-state index contributed by atoms with van der Waals surface area (Å²) in [5, 5.41) is 7.18. The smallest absolute Gasteiger partial charge is 0.254 e. The number of carbonyl (C=O) groups excluding carboxylic acids is 1. The molecule has 3 aromatic rings. The van der Waals surface area contributed by atoms with E-state index in [-0.39, 0.29) is 17.9 Å². The Labute approximate surface area is 146 Å². The molecule has 1 aromatic carbocycles. The van der Waals surface area contributed by atoms with Crippen LogP contribution in [0.15, 0.2) is 30.3 Å². The molecular formula is C18H22N6O. The lowest BCUT2D eigenvalue weighted by atomic mass is 10.1. The highest BCUT2D eigenvalue weighted by molar-refractivity contribution is 5.76. The number of aromatic nitrogens is 4. The molecule has 1 amide bonds. The van der Waals surface area contributed by atoms with E-state index < -0.39 is 0 Å². The number of nitrogens with zero attached hydrogens (tertiary/aromatic N) is 4. The fourth-order valence-electron chi connectivity index (χ4n) is 2.96. The van der Waals surface area contributed by atoms with Crippen LogP contribution in [0.5, 0.6) is 0 Å². The third-order valence-electron chi connectivity index (χ3n) is 4.34. The maximum Gasteiger partial charge on any atom is 0.254 e. The van der Waals surface area contributed by atoms with Crippen LogP contribution in [-0.4, -0.2) is 25.5 Å². The molecule has 0 spiro atoms. The molecule has 0 saturated carbocycles. The second-order valence-corrected chi connectivity index (χ2v) is 6.14. The van der Waals surface area contributed by atoms with Crippen LogP contribution in [-0.2, 0) is 11.2 Å². The van der Waals surface area contributed by atoms with E-state index in [1.807, 2.05) is 51.1 Å². The maximum absolute atomic E-state index is 12.3. The molecule has 130 valence electrons. The monoisotopic (exact) mass is 338 g/mol. The second kappa shape index (κ2) is 6.88. The number of nitrogens with one attached hydrogen (secondary N) is 1. The molecule has 3 N–H and O–H groups in total. The van der Waals surface area contributed by atoms with E-state index in [0.29, 0.717) is 18.6 Å². The van der Waals surface area contributed by atoms with Crippen molar-refractivity contribution in [1.82, 2.24) is 24.9 Å². The highest BCUT2D eigenvalue weighted by Gasteiger charge is 2.15. The Bertz CT molecular complexity index is 903. The van der Waals surface area contributed by atoms with Crippen molar-refractivity contribution in [3.05, 3.63) is 52.8 Å². The molecule has 7 heteroatoms. The summed E-state index contributed by atoms with van der Waals surface area (Å²) < 4.78 is 1.63. The van der Waals surface area contributed by atoms with Gasteiger partial charge in [-0.1, -0.05) is 30.3 Å². The number of hydrogen-bond donors (Lipinski definition) is 2. The van der Waals surface area contributed by atoms with Crippen LogP contribution in [0.3, 0.4) is 0 Å². The van der Waals surface area contributed by atoms with Crippen molar-refractivity contribution in [2.24, 2.45) is 0 Å². The molecule has 0 aliphatic carbocycles.